The van der Waals surface area contributed by atoms with Gasteiger partial charge in [0, 0.05) is 18.7 Å². The molecule has 0 aliphatic rings. The molecule has 2 rings (SSSR count). The first-order valence-electron chi connectivity index (χ1n) is 4.82. The number of hydrogen-bond donors (Lipinski definition) is 1. The van der Waals surface area contributed by atoms with Crippen molar-refractivity contribution in [1.82, 2.24) is 9.78 Å². The molecule has 6 heteroatoms. The molecular formula is C11H9F3N2O. The number of nitrogens with zero attached hydrogens (tertiary/aromatic N) is 1. The molecule has 0 amide bonds. The molecule has 1 aromatic heterocycles. The van der Waals surface area contributed by atoms with Gasteiger partial charge in [-0.25, -0.2) is 0 Å². The van der Waals surface area contributed by atoms with Gasteiger partial charge in [-0.15, -0.1) is 0 Å². The number of rotatable bonds is 1. The number of halogens is 3. The summed E-state index contributed by atoms with van der Waals surface area (Å²) in [5.41, 5.74) is -1.01. The summed E-state index contributed by atoms with van der Waals surface area (Å²) >= 11 is 0. The van der Waals surface area contributed by atoms with Crippen LogP contribution in [0, 0.1) is 0 Å². The number of H-pyrrole nitrogens is 1. The fourth-order valence-corrected chi connectivity index (χ4v) is 1.59. The number of alkyl halides is 3. The van der Waals surface area contributed by atoms with Crippen molar-refractivity contribution in [3.8, 4) is 11.3 Å². The molecule has 0 unspecified atom stereocenters. The summed E-state index contributed by atoms with van der Waals surface area (Å²) in [6.45, 7) is 0. The maximum Gasteiger partial charge on any atom is 0.417 e. The Balaban J connectivity index is 2.64. The first kappa shape index (κ1) is 11.5. The van der Waals surface area contributed by atoms with Crippen LogP contribution in [0.4, 0.5) is 13.2 Å². The fourth-order valence-electron chi connectivity index (χ4n) is 1.59. The topological polar surface area (TPSA) is 37.8 Å². The lowest BCUT2D eigenvalue weighted by atomic mass is 10.0. The Morgan fingerprint density at radius 1 is 1.24 bits per heavy atom. The molecule has 1 aromatic carbocycles. The minimum absolute atomic E-state index is 0.0299. The van der Waals surface area contributed by atoms with Crippen LogP contribution in [0.5, 0.6) is 0 Å². The molecule has 1 N–H and O–H groups in total. The number of hydrogen-bond acceptors (Lipinski definition) is 1. The molecule has 17 heavy (non-hydrogen) atoms. The molecule has 2 aromatic rings. The molecule has 0 saturated heterocycles. The zero-order valence-electron chi connectivity index (χ0n) is 8.88. The van der Waals surface area contributed by atoms with Crippen molar-refractivity contribution in [3.63, 3.8) is 0 Å². The van der Waals surface area contributed by atoms with Gasteiger partial charge in [0.25, 0.3) is 5.56 Å². The zero-order valence-corrected chi connectivity index (χ0v) is 8.88. The average Bonchev–Trinajstić information content (AvgIpc) is 2.58. The summed E-state index contributed by atoms with van der Waals surface area (Å²) in [4.78, 5) is 11.2. The van der Waals surface area contributed by atoms with E-state index in [1.807, 2.05) is 0 Å². The van der Waals surface area contributed by atoms with Crippen LogP contribution < -0.4 is 5.56 Å². The monoisotopic (exact) mass is 242 g/mol. The molecule has 0 fully saturated rings. The quantitative estimate of drug-likeness (QED) is 0.819. The Morgan fingerprint density at radius 3 is 2.41 bits per heavy atom. The highest BCUT2D eigenvalue weighted by molar-refractivity contribution is 5.64. The summed E-state index contributed by atoms with van der Waals surface area (Å²) in [7, 11) is 1.45. The van der Waals surface area contributed by atoms with E-state index in [9.17, 15) is 18.0 Å². The van der Waals surface area contributed by atoms with Gasteiger partial charge in [0.1, 0.15) is 0 Å². The van der Waals surface area contributed by atoms with Crippen molar-refractivity contribution in [2.45, 2.75) is 6.18 Å². The van der Waals surface area contributed by atoms with Gasteiger partial charge in [-0.2, -0.15) is 13.2 Å². The molecule has 1 heterocycles. The lowest BCUT2D eigenvalue weighted by molar-refractivity contribution is -0.137. The molecule has 0 aliphatic carbocycles. The lowest BCUT2D eigenvalue weighted by Gasteiger charge is -2.10. The van der Waals surface area contributed by atoms with Gasteiger partial charge in [-0.3, -0.25) is 14.6 Å². The van der Waals surface area contributed by atoms with E-state index in [4.69, 9.17) is 0 Å². The van der Waals surface area contributed by atoms with Crippen LogP contribution in [0.15, 0.2) is 35.1 Å². The first-order valence-corrected chi connectivity index (χ1v) is 4.82. The van der Waals surface area contributed by atoms with Crippen LogP contribution in [-0.2, 0) is 13.2 Å². The van der Waals surface area contributed by atoms with Gasteiger partial charge < -0.3 is 0 Å². The molecule has 3 nitrogen and oxygen atoms in total. The number of aryl methyl sites for hydroxylation is 1. The van der Waals surface area contributed by atoms with E-state index in [1.54, 1.807) is 0 Å². The fraction of sp³-hybridized carbons (Fsp3) is 0.182. The third-order valence-electron chi connectivity index (χ3n) is 2.41. The molecule has 0 bridgehead atoms. The summed E-state index contributed by atoms with van der Waals surface area (Å²) in [6, 6.07) is 6.27. The molecule has 0 spiro atoms. The standard InChI is InChI=1S/C11H9F3N2O/c1-16-10(17)6-9(15-16)7-4-2-3-5-8(7)11(12,13)14/h2-6,15H,1H3. The van der Waals surface area contributed by atoms with Gasteiger partial charge in [0.05, 0.1) is 11.3 Å². The van der Waals surface area contributed by atoms with E-state index in [1.165, 1.54) is 25.2 Å². The van der Waals surface area contributed by atoms with Gasteiger partial charge in [0.2, 0.25) is 0 Å². The highest BCUT2D eigenvalue weighted by atomic mass is 19.4. The van der Waals surface area contributed by atoms with Crippen LogP contribution in [0.2, 0.25) is 0 Å². The van der Waals surface area contributed by atoms with Crippen LogP contribution in [0.25, 0.3) is 11.3 Å². The summed E-state index contributed by atoms with van der Waals surface area (Å²) < 4.78 is 39.4. The zero-order chi connectivity index (χ0) is 12.6. The third-order valence-corrected chi connectivity index (χ3v) is 2.41. The second kappa shape index (κ2) is 3.80. The van der Waals surface area contributed by atoms with Crippen molar-refractivity contribution < 1.29 is 13.2 Å². The Morgan fingerprint density at radius 2 is 1.88 bits per heavy atom. The minimum Gasteiger partial charge on any atom is -0.295 e. The van der Waals surface area contributed by atoms with Crippen molar-refractivity contribution in [2.24, 2.45) is 7.05 Å². The Hall–Kier alpha value is -1.98. The lowest BCUT2D eigenvalue weighted by Crippen LogP contribution is -2.09. The van der Waals surface area contributed by atoms with Crippen molar-refractivity contribution in [1.29, 1.82) is 0 Å². The van der Waals surface area contributed by atoms with Crippen LogP contribution in [-0.4, -0.2) is 9.78 Å². The average molecular weight is 242 g/mol. The van der Waals surface area contributed by atoms with Crippen molar-refractivity contribution in [3.05, 3.63) is 46.2 Å². The van der Waals surface area contributed by atoms with E-state index in [0.29, 0.717) is 0 Å². The normalized spacial score (nSPS) is 11.8. The summed E-state index contributed by atoms with van der Waals surface area (Å²) in [6.07, 6.45) is -4.44. The highest BCUT2D eigenvalue weighted by Gasteiger charge is 2.33. The minimum atomic E-state index is -4.44. The van der Waals surface area contributed by atoms with E-state index in [-0.39, 0.29) is 16.8 Å². The predicted molar refractivity (Wildman–Crippen MR) is 56.5 cm³/mol. The van der Waals surface area contributed by atoms with Gasteiger partial charge in [0.15, 0.2) is 0 Å². The summed E-state index contributed by atoms with van der Waals surface area (Å²) in [5.74, 6) is 0. The van der Waals surface area contributed by atoms with E-state index in [0.717, 1.165) is 16.8 Å². The van der Waals surface area contributed by atoms with E-state index in [2.05, 4.69) is 5.10 Å². The molecule has 90 valence electrons. The predicted octanol–water partition coefficient (Wildman–Crippen LogP) is 2.40. The Labute approximate surface area is 94.5 Å². The smallest absolute Gasteiger partial charge is 0.295 e. The van der Waals surface area contributed by atoms with Gasteiger partial charge in [-0.05, 0) is 6.07 Å². The van der Waals surface area contributed by atoms with Crippen molar-refractivity contribution in [2.75, 3.05) is 0 Å². The third kappa shape index (κ3) is 2.11. The van der Waals surface area contributed by atoms with Gasteiger partial charge >= 0.3 is 6.18 Å². The first-order chi connectivity index (χ1) is 7.89. The number of aromatic amines is 1. The molecular weight excluding hydrogens is 233 g/mol. The van der Waals surface area contributed by atoms with Crippen LogP contribution in [0.3, 0.4) is 0 Å². The number of nitrogens with one attached hydrogen (secondary N) is 1. The largest absolute Gasteiger partial charge is 0.417 e. The van der Waals surface area contributed by atoms with Crippen LogP contribution in [0.1, 0.15) is 5.56 Å². The second-order valence-corrected chi connectivity index (χ2v) is 3.61. The van der Waals surface area contributed by atoms with E-state index < -0.39 is 11.7 Å². The molecule has 0 saturated carbocycles. The maximum absolute atomic E-state index is 12.7. The molecule has 0 radical (unpaired) electrons. The number of benzene rings is 1. The second-order valence-electron chi connectivity index (χ2n) is 3.61. The Bertz CT molecular complexity index is 595. The van der Waals surface area contributed by atoms with Gasteiger partial charge in [-0.1, -0.05) is 18.2 Å². The number of aromatic nitrogens is 2. The Kier molecular flexibility index (Phi) is 2.57. The summed E-state index contributed by atoms with van der Waals surface area (Å²) in [5, 5.41) is 2.58. The van der Waals surface area contributed by atoms with E-state index >= 15 is 0 Å². The highest BCUT2D eigenvalue weighted by Crippen LogP contribution is 2.35. The van der Waals surface area contributed by atoms with Crippen molar-refractivity contribution >= 4 is 0 Å². The van der Waals surface area contributed by atoms with Crippen LogP contribution >= 0.6 is 0 Å². The molecule has 0 aliphatic heterocycles. The molecule has 0 atom stereocenters. The maximum atomic E-state index is 12.7. The SMILES string of the molecule is Cn1[nH]c(-c2ccccc2C(F)(F)F)cc1=O.